The van der Waals surface area contributed by atoms with Crippen LogP contribution in [0.25, 0.3) is 11.0 Å². The van der Waals surface area contributed by atoms with E-state index in [0.29, 0.717) is 29.9 Å². The third kappa shape index (κ3) is 3.23. The first-order chi connectivity index (χ1) is 11.6. The van der Waals surface area contributed by atoms with Gasteiger partial charge in [0.25, 0.3) is 11.5 Å². The van der Waals surface area contributed by atoms with Crippen LogP contribution >= 0.6 is 11.3 Å². The number of nitrogens with zero attached hydrogens (tertiary/aromatic N) is 2. The van der Waals surface area contributed by atoms with Crippen molar-refractivity contribution in [2.24, 2.45) is 0 Å². The number of hydrogen-bond donors (Lipinski definition) is 1. The van der Waals surface area contributed by atoms with Crippen LogP contribution in [0.4, 0.5) is 0 Å². The third-order valence-electron chi connectivity index (χ3n) is 3.92. The predicted octanol–water partition coefficient (Wildman–Crippen LogP) is 2.76. The molecule has 3 rings (SSSR count). The van der Waals surface area contributed by atoms with E-state index < -0.39 is 0 Å². The number of aryl methyl sites for hydroxylation is 2. The molecule has 6 heteroatoms. The Morgan fingerprint density at radius 1 is 1.33 bits per heavy atom. The molecule has 2 aromatic heterocycles. The number of carbonyl (C=O) groups excluding carboxylic acids is 1. The Bertz CT molecular complexity index is 929. The molecule has 0 saturated carbocycles. The fraction of sp³-hybridized carbons (Fsp3) is 0.278. The second-order valence-electron chi connectivity index (χ2n) is 5.54. The predicted molar refractivity (Wildman–Crippen MR) is 96.8 cm³/mol. The van der Waals surface area contributed by atoms with Gasteiger partial charge in [-0.05, 0) is 49.9 Å². The number of thiophene rings is 1. The van der Waals surface area contributed by atoms with Gasteiger partial charge in [0.15, 0.2) is 0 Å². The van der Waals surface area contributed by atoms with Gasteiger partial charge in [-0.15, -0.1) is 11.3 Å². The first kappa shape index (κ1) is 16.4. The molecule has 0 saturated heterocycles. The van der Waals surface area contributed by atoms with Crippen molar-refractivity contribution < 1.29 is 4.79 Å². The molecule has 0 spiro atoms. The second-order valence-corrected chi connectivity index (χ2v) is 6.57. The summed E-state index contributed by atoms with van der Waals surface area (Å²) in [4.78, 5) is 30.0. The van der Waals surface area contributed by atoms with Gasteiger partial charge in [-0.2, -0.15) is 0 Å². The summed E-state index contributed by atoms with van der Waals surface area (Å²) in [6, 6.07) is 9.34. The molecule has 0 aliphatic rings. The fourth-order valence-corrected chi connectivity index (χ4v) is 3.39. The molecule has 2 heterocycles. The maximum Gasteiger partial charge on any atom is 0.272 e. The van der Waals surface area contributed by atoms with Crippen molar-refractivity contribution in [2.75, 3.05) is 6.54 Å². The molecule has 0 bridgehead atoms. The van der Waals surface area contributed by atoms with E-state index in [4.69, 9.17) is 0 Å². The topological polar surface area (TPSA) is 64.0 Å². The minimum absolute atomic E-state index is 0.0850. The van der Waals surface area contributed by atoms with Crippen molar-refractivity contribution in [2.45, 2.75) is 26.8 Å². The molecule has 1 aromatic carbocycles. The van der Waals surface area contributed by atoms with E-state index in [9.17, 15) is 9.59 Å². The van der Waals surface area contributed by atoms with E-state index in [1.807, 2.05) is 18.4 Å². The van der Waals surface area contributed by atoms with Crippen LogP contribution in [0.1, 0.15) is 27.9 Å². The minimum Gasteiger partial charge on any atom is -0.352 e. The summed E-state index contributed by atoms with van der Waals surface area (Å²) in [6.07, 6.45) is 0.823. The van der Waals surface area contributed by atoms with E-state index in [2.05, 4.69) is 16.4 Å². The smallest absolute Gasteiger partial charge is 0.272 e. The van der Waals surface area contributed by atoms with Crippen LogP contribution in [-0.2, 0) is 13.0 Å². The monoisotopic (exact) mass is 341 g/mol. The number of hydrogen-bond acceptors (Lipinski definition) is 4. The van der Waals surface area contributed by atoms with E-state index in [0.717, 1.165) is 11.9 Å². The summed E-state index contributed by atoms with van der Waals surface area (Å²) in [6.45, 7) is 4.79. The van der Waals surface area contributed by atoms with Crippen molar-refractivity contribution in [3.8, 4) is 0 Å². The van der Waals surface area contributed by atoms with E-state index in [-0.39, 0.29) is 11.5 Å². The van der Waals surface area contributed by atoms with E-state index >= 15 is 0 Å². The summed E-state index contributed by atoms with van der Waals surface area (Å²) in [7, 11) is 0. The highest BCUT2D eigenvalue weighted by Gasteiger charge is 2.11. The number of rotatable bonds is 5. The number of fused-ring (bicyclic) bond motifs is 1. The van der Waals surface area contributed by atoms with Crippen LogP contribution in [0.2, 0.25) is 0 Å². The second kappa shape index (κ2) is 6.97. The highest BCUT2D eigenvalue weighted by molar-refractivity contribution is 7.09. The molecule has 0 radical (unpaired) electrons. The largest absolute Gasteiger partial charge is 0.352 e. The molecule has 0 atom stereocenters. The zero-order chi connectivity index (χ0) is 17.1. The number of aromatic nitrogens is 2. The average molecular weight is 341 g/mol. The number of carbonyl (C=O) groups is 1. The Morgan fingerprint density at radius 3 is 2.88 bits per heavy atom. The lowest BCUT2D eigenvalue weighted by Gasteiger charge is -2.10. The molecular weight excluding hydrogens is 322 g/mol. The van der Waals surface area contributed by atoms with Gasteiger partial charge < -0.3 is 9.88 Å². The van der Waals surface area contributed by atoms with Crippen LogP contribution in [0.15, 0.2) is 40.5 Å². The molecule has 1 amide bonds. The quantitative estimate of drug-likeness (QED) is 0.776. The summed E-state index contributed by atoms with van der Waals surface area (Å²) in [5.41, 5.74) is 2.34. The normalized spacial score (nSPS) is 10.9. The van der Waals surface area contributed by atoms with E-state index in [1.165, 1.54) is 4.88 Å². The van der Waals surface area contributed by atoms with Crippen LogP contribution in [0.3, 0.4) is 0 Å². The van der Waals surface area contributed by atoms with Gasteiger partial charge in [0.1, 0.15) is 5.69 Å². The Morgan fingerprint density at radius 2 is 2.17 bits per heavy atom. The number of amides is 1. The SMILES string of the molecule is CCn1c(=O)c(C)nc2cc(C(=O)NCCc3cccs3)ccc21. The van der Waals surface area contributed by atoms with Crippen LogP contribution in [0.5, 0.6) is 0 Å². The Hall–Kier alpha value is -2.47. The van der Waals surface area contributed by atoms with Crippen LogP contribution in [0, 0.1) is 6.92 Å². The molecule has 1 N–H and O–H groups in total. The molecule has 0 unspecified atom stereocenters. The molecule has 0 aliphatic carbocycles. The van der Waals surface area contributed by atoms with Gasteiger partial charge in [-0.1, -0.05) is 6.07 Å². The van der Waals surface area contributed by atoms with Crippen molar-refractivity contribution in [3.05, 3.63) is 62.2 Å². The highest BCUT2D eigenvalue weighted by Crippen LogP contribution is 2.14. The van der Waals surface area contributed by atoms with Crippen molar-refractivity contribution >= 4 is 28.3 Å². The lowest BCUT2D eigenvalue weighted by molar-refractivity contribution is 0.0954. The zero-order valence-corrected chi connectivity index (χ0v) is 14.5. The lowest BCUT2D eigenvalue weighted by Crippen LogP contribution is -2.26. The maximum atomic E-state index is 12.3. The van der Waals surface area contributed by atoms with Gasteiger partial charge in [0.05, 0.1) is 11.0 Å². The number of benzene rings is 1. The fourth-order valence-electron chi connectivity index (χ4n) is 2.69. The van der Waals surface area contributed by atoms with Crippen LogP contribution < -0.4 is 10.9 Å². The van der Waals surface area contributed by atoms with E-state index in [1.54, 1.807) is 41.0 Å². The van der Waals surface area contributed by atoms with Crippen molar-refractivity contribution in [3.63, 3.8) is 0 Å². The lowest BCUT2D eigenvalue weighted by atomic mass is 10.1. The molecular formula is C18H19N3O2S. The molecule has 0 aliphatic heterocycles. The Balaban J connectivity index is 1.81. The molecule has 24 heavy (non-hydrogen) atoms. The molecule has 3 aromatic rings. The van der Waals surface area contributed by atoms with Gasteiger partial charge in [-0.3, -0.25) is 9.59 Å². The van der Waals surface area contributed by atoms with Gasteiger partial charge in [0.2, 0.25) is 0 Å². The van der Waals surface area contributed by atoms with Crippen molar-refractivity contribution in [1.29, 1.82) is 0 Å². The van der Waals surface area contributed by atoms with Gasteiger partial charge in [-0.25, -0.2) is 4.98 Å². The standard InChI is InChI=1S/C18H19N3O2S/c1-3-21-16-7-6-13(11-15(16)20-12(2)18(21)23)17(22)19-9-8-14-5-4-10-24-14/h4-7,10-11H,3,8-9H2,1-2H3,(H,19,22). The molecule has 5 nitrogen and oxygen atoms in total. The van der Waals surface area contributed by atoms with Crippen LogP contribution in [-0.4, -0.2) is 22.0 Å². The summed E-state index contributed by atoms with van der Waals surface area (Å²) in [5.74, 6) is -0.123. The average Bonchev–Trinajstić information content (AvgIpc) is 3.09. The minimum atomic E-state index is -0.123. The molecule has 124 valence electrons. The maximum absolute atomic E-state index is 12.3. The Labute approximate surface area is 144 Å². The zero-order valence-electron chi connectivity index (χ0n) is 13.7. The van der Waals surface area contributed by atoms with Crippen molar-refractivity contribution in [1.82, 2.24) is 14.9 Å². The van der Waals surface area contributed by atoms with Gasteiger partial charge in [0, 0.05) is 23.5 Å². The Kier molecular flexibility index (Phi) is 4.76. The third-order valence-corrected chi connectivity index (χ3v) is 4.86. The summed E-state index contributed by atoms with van der Waals surface area (Å²) < 4.78 is 1.68. The summed E-state index contributed by atoms with van der Waals surface area (Å²) >= 11 is 1.69. The highest BCUT2D eigenvalue weighted by atomic mass is 32.1. The van der Waals surface area contributed by atoms with Gasteiger partial charge >= 0.3 is 0 Å². The first-order valence-electron chi connectivity index (χ1n) is 7.92. The first-order valence-corrected chi connectivity index (χ1v) is 8.80. The number of nitrogens with one attached hydrogen (secondary N) is 1. The summed E-state index contributed by atoms with van der Waals surface area (Å²) in [5, 5.41) is 4.96. The molecule has 0 fully saturated rings.